The van der Waals surface area contributed by atoms with E-state index in [0.29, 0.717) is 12.8 Å². The van der Waals surface area contributed by atoms with Crippen molar-refractivity contribution < 1.29 is 19.4 Å². The normalized spacial score (nSPS) is 12.0. The summed E-state index contributed by atoms with van der Waals surface area (Å²) in [6.45, 7) is 0.0204. The second-order valence-electron chi connectivity index (χ2n) is 6.43. The Balaban J connectivity index is 1.72. The summed E-state index contributed by atoms with van der Waals surface area (Å²) in [5.74, 6) is 1.35. The van der Waals surface area contributed by atoms with Crippen LogP contribution in [0.15, 0.2) is 48.5 Å². The molecule has 27 heavy (non-hydrogen) atoms. The molecule has 0 radical (unpaired) electrons. The molecule has 5 nitrogen and oxygen atoms in total. The van der Waals surface area contributed by atoms with Crippen LogP contribution in [0.3, 0.4) is 0 Å². The highest BCUT2D eigenvalue weighted by molar-refractivity contribution is 5.79. The lowest BCUT2D eigenvalue weighted by Gasteiger charge is -2.21. The van der Waals surface area contributed by atoms with Crippen LogP contribution in [0.25, 0.3) is 11.1 Å². The zero-order chi connectivity index (χ0) is 19.2. The molecule has 1 aliphatic rings. The molecule has 3 rings (SSSR count). The first-order valence-corrected chi connectivity index (χ1v) is 8.87. The van der Waals surface area contributed by atoms with Gasteiger partial charge in [0.15, 0.2) is 0 Å². The number of fused-ring (bicyclic) bond motifs is 3. The summed E-state index contributed by atoms with van der Waals surface area (Å²) in [7, 11) is 0. The number of amides is 1. The molecule has 5 heteroatoms. The number of rotatable bonds is 7. The van der Waals surface area contributed by atoms with Gasteiger partial charge in [-0.3, -0.25) is 9.69 Å². The summed E-state index contributed by atoms with van der Waals surface area (Å²) in [6, 6.07) is 16.1. The van der Waals surface area contributed by atoms with Crippen LogP contribution < -0.4 is 0 Å². The maximum absolute atomic E-state index is 12.4. The van der Waals surface area contributed by atoms with Gasteiger partial charge < -0.3 is 9.84 Å². The fourth-order valence-corrected chi connectivity index (χ4v) is 3.46. The van der Waals surface area contributed by atoms with E-state index in [2.05, 4.69) is 18.1 Å². The summed E-state index contributed by atoms with van der Waals surface area (Å²) in [5.41, 5.74) is 4.52. The minimum absolute atomic E-state index is 0.0567. The van der Waals surface area contributed by atoms with Gasteiger partial charge in [0, 0.05) is 18.9 Å². The van der Waals surface area contributed by atoms with Gasteiger partial charge in [-0.15, -0.1) is 12.3 Å². The van der Waals surface area contributed by atoms with E-state index in [1.807, 2.05) is 36.4 Å². The third-order valence-corrected chi connectivity index (χ3v) is 4.67. The minimum Gasteiger partial charge on any atom is -0.480 e. The molecule has 1 N–H and O–H groups in total. The summed E-state index contributed by atoms with van der Waals surface area (Å²) < 4.78 is 5.51. The fourth-order valence-electron chi connectivity index (χ4n) is 3.46. The number of carbonyl (C=O) groups excluding carboxylic acids is 1. The number of carboxylic acids is 1. The van der Waals surface area contributed by atoms with Crippen molar-refractivity contribution in [1.29, 1.82) is 0 Å². The third-order valence-electron chi connectivity index (χ3n) is 4.67. The van der Waals surface area contributed by atoms with Crippen LogP contribution in [0.1, 0.15) is 29.9 Å². The van der Waals surface area contributed by atoms with Gasteiger partial charge >= 0.3 is 12.1 Å². The van der Waals surface area contributed by atoms with Gasteiger partial charge in [-0.05, 0) is 28.7 Å². The Morgan fingerprint density at radius 1 is 1.07 bits per heavy atom. The molecule has 2 aromatic carbocycles. The van der Waals surface area contributed by atoms with Crippen LogP contribution in [0, 0.1) is 12.3 Å². The number of hydrogen-bond acceptors (Lipinski definition) is 3. The van der Waals surface area contributed by atoms with E-state index >= 15 is 0 Å². The number of ether oxygens (including phenoxy) is 1. The van der Waals surface area contributed by atoms with Crippen molar-refractivity contribution in [2.75, 3.05) is 19.7 Å². The number of unbranched alkanes of at least 4 members (excludes halogenated alkanes) is 1. The first-order valence-electron chi connectivity index (χ1n) is 8.87. The molecule has 0 heterocycles. The molecular weight excluding hydrogens is 342 g/mol. The van der Waals surface area contributed by atoms with E-state index in [9.17, 15) is 9.59 Å². The van der Waals surface area contributed by atoms with Crippen molar-refractivity contribution in [2.24, 2.45) is 0 Å². The highest BCUT2D eigenvalue weighted by atomic mass is 16.6. The highest BCUT2D eigenvalue weighted by Gasteiger charge is 2.29. The quantitative estimate of drug-likeness (QED) is 0.601. The Morgan fingerprint density at radius 3 is 2.22 bits per heavy atom. The van der Waals surface area contributed by atoms with E-state index < -0.39 is 18.6 Å². The Hall–Kier alpha value is -3.26. The first kappa shape index (κ1) is 18.5. The number of hydrogen-bond donors (Lipinski definition) is 1. The van der Waals surface area contributed by atoms with Crippen molar-refractivity contribution in [2.45, 2.75) is 18.8 Å². The topological polar surface area (TPSA) is 66.8 Å². The molecule has 0 aliphatic heterocycles. The number of terminal acetylenes is 1. The van der Waals surface area contributed by atoms with E-state index in [1.54, 1.807) is 0 Å². The van der Waals surface area contributed by atoms with Gasteiger partial charge in [0.25, 0.3) is 0 Å². The maximum atomic E-state index is 12.4. The monoisotopic (exact) mass is 363 g/mol. The average molecular weight is 363 g/mol. The van der Waals surface area contributed by atoms with Crippen LogP contribution in [-0.4, -0.2) is 41.8 Å². The Kier molecular flexibility index (Phi) is 5.77. The molecule has 2 aromatic rings. The number of aliphatic carboxylic acids is 1. The number of carbonyl (C=O) groups is 2. The van der Waals surface area contributed by atoms with Crippen molar-refractivity contribution in [3.05, 3.63) is 59.7 Å². The summed E-state index contributed by atoms with van der Waals surface area (Å²) in [6.07, 6.45) is 5.61. The van der Waals surface area contributed by atoms with Crippen molar-refractivity contribution in [1.82, 2.24) is 4.90 Å². The van der Waals surface area contributed by atoms with Crippen molar-refractivity contribution >= 4 is 12.1 Å². The molecule has 138 valence electrons. The average Bonchev–Trinajstić information content (AvgIpc) is 2.99. The molecule has 0 bridgehead atoms. The van der Waals surface area contributed by atoms with E-state index in [-0.39, 0.29) is 19.1 Å². The van der Waals surface area contributed by atoms with Crippen LogP contribution in [-0.2, 0) is 9.53 Å². The van der Waals surface area contributed by atoms with Gasteiger partial charge in [0.1, 0.15) is 13.2 Å². The van der Waals surface area contributed by atoms with Gasteiger partial charge in [0.2, 0.25) is 0 Å². The molecular formula is C22H21NO4. The Morgan fingerprint density at radius 2 is 1.67 bits per heavy atom. The molecule has 0 spiro atoms. The second-order valence-corrected chi connectivity index (χ2v) is 6.43. The third kappa shape index (κ3) is 4.12. The Labute approximate surface area is 158 Å². The van der Waals surface area contributed by atoms with Crippen molar-refractivity contribution in [3.8, 4) is 23.5 Å². The first-order chi connectivity index (χ1) is 13.1. The van der Waals surface area contributed by atoms with Crippen molar-refractivity contribution in [3.63, 3.8) is 0 Å². The molecule has 1 amide bonds. The van der Waals surface area contributed by atoms with Gasteiger partial charge in [-0.2, -0.15) is 0 Å². The predicted octanol–water partition coefficient (Wildman–Crippen LogP) is 3.74. The number of benzene rings is 2. The van der Waals surface area contributed by atoms with Gasteiger partial charge in [0.05, 0.1) is 0 Å². The summed E-state index contributed by atoms with van der Waals surface area (Å²) >= 11 is 0. The largest absolute Gasteiger partial charge is 0.480 e. The van der Waals surface area contributed by atoms with E-state index in [0.717, 1.165) is 22.3 Å². The predicted molar refractivity (Wildman–Crippen MR) is 102 cm³/mol. The summed E-state index contributed by atoms with van der Waals surface area (Å²) in [5, 5.41) is 9.04. The molecule has 1 aliphatic carbocycles. The lowest BCUT2D eigenvalue weighted by molar-refractivity contribution is -0.138. The molecule has 0 aromatic heterocycles. The zero-order valence-corrected chi connectivity index (χ0v) is 14.9. The lowest BCUT2D eigenvalue weighted by atomic mass is 9.98. The fraction of sp³-hybridized carbons (Fsp3) is 0.273. The molecule has 0 atom stereocenters. The smallest absolute Gasteiger partial charge is 0.410 e. The van der Waals surface area contributed by atoms with Gasteiger partial charge in [-0.25, -0.2) is 4.79 Å². The van der Waals surface area contributed by atoms with Crippen LogP contribution in [0.4, 0.5) is 4.79 Å². The standard InChI is InChI=1S/C22H21NO4/c1-2-3-8-13-23(14-21(24)25)22(26)27-15-20-18-11-6-4-9-16(18)17-10-5-7-12-19(17)20/h1,4-7,9-12,20H,3,8,13-15H2,(H,24,25). The van der Waals surface area contributed by atoms with Crippen LogP contribution >= 0.6 is 0 Å². The van der Waals surface area contributed by atoms with E-state index in [1.165, 1.54) is 4.90 Å². The number of nitrogens with zero attached hydrogens (tertiary/aromatic N) is 1. The summed E-state index contributed by atoms with van der Waals surface area (Å²) in [4.78, 5) is 24.7. The highest BCUT2D eigenvalue weighted by Crippen LogP contribution is 2.44. The Bertz CT molecular complexity index is 838. The molecule has 0 fully saturated rings. The van der Waals surface area contributed by atoms with Crippen LogP contribution in [0.2, 0.25) is 0 Å². The number of carboxylic acid groups (broad SMARTS) is 1. The van der Waals surface area contributed by atoms with Crippen LogP contribution in [0.5, 0.6) is 0 Å². The maximum Gasteiger partial charge on any atom is 0.410 e. The van der Waals surface area contributed by atoms with E-state index in [4.69, 9.17) is 16.3 Å². The molecule has 0 saturated carbocycles. The minimum atomic E-state index is -1.08. The molecule has 0 unspecified atom stereocenters. The van der Waals surface area contributed by atoms with Gasteiger partial charge in [-0.1, -0.05) is 48.5 Å². The molecule has 0 saturated heterocycles. The SMILES string of the molecule is C#CCCCN(CC(=O)O)C(=O)OCC1c2ccccc2-c2ccccc21. The second kappa shape index (κ2) is 8.41. The lowest BCUT2D eigenvalue weighted by Crippen LogP contribution is -2.37. The zero-order valence-electron chi connectivity index (χ0n) is 14.9.